The van der Waals surface area contributed by atoms with E-state index < -0.39 is 0 Å². The molecule has 174 valence electrons. The monoisotopic (exact) mass is 439 g/mol. The number of ether oxygens (including phenoxy) is 1. The van der Waals surface area contributed by atoms with Gasteiger partial charge in [0.15, 0.2) is 0 Å². The first-order valence-electron chi connectivity index (χ1n) is 11.8. The van der Waals surface area contributed by atoms with Crippen molar-refractivity contribution in [2.45, 2.75) is 59.9 Å². The molecule has 0 aliphatic carbocycles. The van der Waals surface area contributed by atoms with E-state index in [1.165, 1.54) is 11.1 Å². The summed E-state index contributed by atoms with van der Waals surface area (Å²) in [6.07, 6.45) is 3.28. The molecule has 1 aromatic heterocycles. The Morgan fingerprint density at radius 3 is 2.47 bits per heavy atom. The summed E-state index contributed by atoms with van der Waals surface area (Å²) in [5.41, 5.74) is 6.01. The molecule has 32 heavy (non-hydrogen) atoms. The van der Waals surface area contributed by atoms with E-state index in [9.17, 15) is 9.59 Å². The van der Waals surface area contributed by atoms with Crippen molar-refractivity contribution < 1.29 is 14.3 Å². The molecule has 0 saturated carbocycles. The lowest BCUT2D eigenvalue weighted by atomic mass is 9.96. The molecule has 1 fully saturated rings. The van der Waals surface area contributed by atoms with Crippen LogP contribution in [0.25, 0.3) is 0 Å². The Labute approximate surface area is 191 Å². The fourth-order valence-corrected chi connectivity index (χ4v) is 4.46. The minimum atomic E-state index is -0.336. The van der Waals surface area contributed by atoms with Gasteiger partial charge in [0.2, 0.25) is 5.91 Å². The van der Waals surface area contributed by atoms with E-state index in [-0.39, 0.29) is 11.9 Å². The van der Waals surface area contributed by atoms with Crippen LogP contribution in [0.3, 0.4) is 0 Å². The second-order valence-corrected chi connectivity index (χ2v) is 8.96. The zero-order chi connectivity index (χ0) is 23.1. The number of piperidine rings is 1. The van der Waals surface area contributed by atoms with Crippen LogP contribution in [0.1, 0.15) is 64.6 Å². The number of nitrogens with zero attached hydrogens (tertiary/aromatic N) is 1. The number of carbonyl (C=O) groups is 2. The van der Waals surface area contributed by atoms with E-state index in [0.29, 0.717) is 31.1 Å². The third-order valence-electron chi connectivity index (χ3n) is 6.50. The Bertz CT molecular complexity index is 909. The van der Waals surface area contributed by atoms with Crippen LogP contribution in [-0.2, 0) is 22.5 Å². The summed E-state index contributed by atoms with van der Waals surface area (Å²) in [5, 5.41) is 3.12. The zero-order valence-corrected chi connectivity index (χ0v) is 19.9. The van der Waals surface area contributed by atoms with Gasteiger partial charge in [0.05, 0.1) is 6.61 Å². The molecule has 0 spiro atoms. The number of aryl methyl sites for hydroxylation is 2. The predicted octanol–water partition coefficient (Wildman–Crippen LogP) is 4.08. The smallest absolute Gasteiger partial charge is 0.355 e. The number of esters is 1. The number of likely N-dealkylation sites (tertiary alicyclic amines) is 1. The van der Waals surface area contributed by atoms with Crippen molar-refractivity contribution >= 4 is 11.9 Å². The van der Waals surface area contributed by atoms with Gasteiger partial charge in [-0.3, -0.25) is 9.69 Å². The van der Waals surface area contributed by atoms with E-state index >= 15 is 0 Å². The second-order valence-electron chi connectivity index (χ2n) is 8.96. The molecule has 1 aromatic carbocycles. The number of benzene rings is 1. The Balaban J connectivity index is 1.39. The van der Waals surface area contributed by atoms with Gasteiger partial charge < -0.3 is 15.0 Å². The van der Waals surface area contributed by atoms with E-state index in [1.54, 1.807) is 6.92 Å². The first-order valence-corrected chi connectivity index (χ1v) is 11.8. The predicted molar refractivity (Wildman–Crippen MR) is 127 cm³/mol. The van der Waals surface area contributed by atoms with Crippen LogP contribution < -0.4 is 5.32 Å². The van der Waals surface area contributed by atoms with Crippen LogP contribution in [0.15, 0.2) is 24.3 Å². The molecular formula is C26H37N3O3. The minimum absolute atomic E-state index is 0.0739. The molecule has 0 atom stereocenters. The fourth-order valence-electron chi connectivity index (χ4n) is 4.46. The van der Waals surface area contributed by atoms with Gasteiger partial charge in [-0.15, -0.1) is 0 Å². The second kappa shape index (κ2) is 11.3. The first-order chi connectivity index (χ1) is 15.4. The van der Waals surface area contributed by atoms with Crippen molar-refractivity contribution in [3.05, 3.63) is 57.9 Å². The maximum absolute atomic E-state index is 12.4. The summed E-state index contributed by atoms with van der Waals surface area (Å²) < 4.78 is 5.10. The van der Waals surface area contributed by atoms with Crippen molar-refractivity contribution in [3.63, 3.8) is 0 Å². The largest absolute Gasteiger partial charge is 0.461 e. The summed E-state index contributed by atoms with van der Waals surface area (Å²) in [5.74, 6) is 0.279. The minimum Gasteiger partial charge on any atom is -0.461 e. The topological polar surface area (TPSA) is 74.4 Å². The van der Waals surface area contributed by atoms with Crippen LogP contribution in [0, 0.1) is 26.7 Å². The van der Waals surface area contributed by atoms with Gasteiger partial charge in [-0.2, -0.15) is 0 Å². The third kappa shape index (κ3) is 6.45. The van der Waals surface area contributed by atoms with Gasteiger partial charge in [-0.25, -0.2) is 4.79 Å². The summed E-state index contributed by atoms with van der Waals surface area (Å²) in [6, 6.07) is 8.77. The standard InChI is InChI=1S/C26H37N3O3/c1-5-32-26(31)25-19(3)23(20(4)28-25)10-11-24(30)27-16-21-12-14-29(15-13-21)17-22-8-6-18(2)7-9-22/h6-9,21,28H,5,10-17H2,1-4H3,(H,27,30). The van der Waals surface area contributed by atoms with Crippen LogP contribution in [-0.4, -0.2) is 48.0 Å². The number of hydrogen-bond acceptors (Lipinski definition) is 4. The van der Waals surface area contributed by atoms with Gasteiger partial charge in [-0.1, -0.05) is 29.8 Å². The van der Waals surface area contributed by atoms with Gasteiger partial charge in [0.25, 0.3) is 0 Å². The fraction of sp³-hybridized carbons (Fsp3) is 0.538. The molecule has 6 heteroatoms. The number of H-pyrrole nitrogens is 1. The zero-order valence-electron chi connectivity index (χ0n) is 19.9. The highest BCUT2D eigenvalue weighted by molar-refractivity contribution is 5.90. The average molecular weight is 440 g/mol. The molecule has 2 heterocycles. The number of nitrogens with one attached hydrogen (secondary N) is 2. The first kappa shape index (κ1) is 24.1. The average Bonchev–Trinajstić information content (AvgIpc) is 3.07. The Kier molecular flexibility index (Phi) is 8.51. The summed E-state index contributed by atoms with van der Waals surface area (Å²) in [4.78, 5) is 30.1. The molecule has 0 radical (unpaired) electrons. The van der Waals surface area contributed by atoms with Crippen molar-refractivity contribution in [2.24, 2.45) is 5.92 Å². The van der Waals surface area contributed by atoms with Crippen molar-refractivity contribution in [1.29, 1.82) is 0 Å². The van der Waals surface area contributed by atoms with E-state index in [1.807, 2.05) is 13.8 Å². The molecule has 1 amide bonds. The summed E-state index contributed by atoms with van der Waals surface area (Å²) in [6.45, 7) is 12.0. The van der Waals surface area contributed by atoms with Crippen LogP contribution in [0.2, 0.25) is 0 Å². The quantitative estimate of drug-likeness (QED) is 0.578. The summed E-state index contributed by atoms with van der Waals surface area (Å²) in [7, 11) is 0. The summed E-state index contributed by atoms with van der Waals surface area (Å²) >= 11 is 0. The molecule has 3 rings (SSSR count). The van der Waals surface area contributed by atoms with Gasteiger partial charge in [0, 0.05) is 25.2 Å². The molecule has 0 unspecified atom stereocenters. The molecule has 0 bridgehead atoms. The van der Waals surface area contributed by atoms with Crippen molar-refractivity contribution in [3.8, 4) is 0 Å². The number of rotatable bonds is 9. The van der Waals surface area contributed by atoms with Crippen molar-refractivity contribution in [1.82, 2.24) is 15.2 Å². The molecule has 2 N–H and O–H groups in total. The molecular weight excluding hydrogens is 402 g/mol. The lowest BCUT2D eigenvalue weighted by Gasteiger charge is -2.32. The number of amides is 1. The van der Waals surface area contributed by atoms with Crippen LogP contribution in [0.5, 0.6) is 0 Å². The molecule has 1 aliphatic rings. The van der Waals surface area contributed by atoms with Gasteiger partial charge >= 0.3 is 5.97 Å². The van der Waals surface area contributed by atoms with Crippen LogP contribution >= 0.6 is 0 Å². The molecule has 1 saturated heterocycles. The lowest BCUT2D eigenvalue weighted by Crippen LogP contribution is -2.38. The highest BCUT2D eigenvalue weighted by Gasteiger charge is 2.21. The van der Waals surface area contributed by atoms with E-state index in [2.05, 4.69) is 46.4 Å². The maximum Gasteiger partial charge on any atom is 0.355 e. The highest BCUT2D eigenvalue weighted by Crippen LogP contribution is 2.21. The third-order valence-corrected chi connectivity index (χ3v) is 6.50. The van der Waals surface area contributed by atoms with E-state index in [4.69, 9.17) is 4.74 Å². The van der Waals surface area contributed by atoms with E-state index in [0.717, 1.165) is 55.8 Å². The molecule has 6 nitrogen and oxygen atoms in total. The van der Waals surface area contributed by atoms with Crippen molar-refractivity contribution in [2.75, 3.05) is 26.2 Å². The Morgan fingerprint density at radius 1 is 1.12 bits per heavy atom. The Hall–Kier alpha value is -2.60. The normalized spacial score (nSPS) is 15.0. The Morgan fingerprint density at radius 2 is 1.81 bits per heavy atom. The maximum atomic E-state index is 12.4. The number of aromatic amines is 1. The highest BCUT2D eigenvalue weighted by atomic mass is 16.5. The number of hydrogen-bond donors (Lipinski definition) is 2. The van der Waals surface area contributed by atoms with Crippen LogP contribution in [0.4, 0.5) is 0 Å². The molecule has 2 aromatic rings. The lowest BCUT2D eigenvalue weighted by molar-refractivity contribution is -0.121. The van der Waals surface area contributed by atoms with Gasteiger partial charge in [-0.05, 0) is 82.7 Å². The number of aromatic nitrogens is 1. The van der Waals surface area contributed by atoms with Gasteiger partial charge in [0.1, 0.15) is 5.69 Å². The SMILES string of the molecule is CCOC(=O)c1[nH]c(C)c(CCC(=O)NCC2CCN(Cc3ccc(C)cc3)CC2)c1C. The molecule has 1 aliphatic heterocycles. The number of carbonyl (C=O) groups excluding carboxylic acids is 2.